The van der Waals surface area contributed by atoms with Crippen molar-refractivity contribution >= 4 is 0 Å². The zero-order valence-electron chi connectivity index (χ0n) is 23.1. The van der Waals surface area contributed by atoms with Crippen molar-refractivity contribution in [3.8, 4) is 33.8 Å². The Morgan fingerprint density at radius 3 is 1.74 bits per heavy atom. The molecule has 0 aromatic heterocycles. The Bertz CT molecular complexity index is 1180. The second kappa shape index (κ2) is 13.8. The number of para-hydroxylation sites is 1. The van der Waals surface area contributed by atoms with Crippen LogP contribution in [-0.2, 0) is 4.74 Å². The number of benzene rings is 4. The van der Waals surface area contributed by atoms with E-state index in [0.717, 1.165) is 40.2 Å². The maximum atomic E-state index is 6.38. The normalized spacial score (nSPS) is 12.8. The van der Waals surface area contributed by atoms with Crippen molar-refractivity contribution in [3.05, 3.63) is 109 Å². The summed E-state index contributed by atoms with van der Waals surface area (Å²) in [4.78, 5) is 0. The second-order valence-electron chi connectivity index (χ2n) is 10.1. The highest BCUT2D eigenvalue weighted by Gasteiger charge is 2.15. The van der Waals surface area contributed by atoms with Gasteiger partial charge >= 0.3 is 0 Å². The van der Waals surface area contributed by atoms with Crippen LogP contribution in [0.1, 0.15) is 52.0 Å². The summed E-state index contributed by atoms with van der Waals surface area (Å²) >= 11 is 0. The van der Waals surface area contributed by atoms with Crippen molar-refractivity contribution in [3.63, 3.8) is 0 Å². The number of ether oxygens (including phenoxy) is 3. The molecule has 0 fully saturated rings. The van der Waals surface area contributed by atoms with E-state index in [4.69, 9.17) is 14.2 Å². The molecule has 2 unspecified atom stereocenters. The fourth-order valence-electron chi connectivity index (χ4n) is 4.89. The molecule has 4 aromatic rings. The smallest absolute Gasteiger partial charge is 0.197 e. The molecular weight excluding hydrogens is 468 g/mol. The molecule has 0 saturated carbocycles. The minimum Gasteiger partial charge on any atom is -0.490 e. The van der Waals surface area contributed by atoms with Crippen LogP contribution < -0.4 is 9.47 Å². The summed E-state index contributed by atoms with van der Waals surface area (Å²) in [6.07, 6.45) is 1.98. The topological polar surface area (TPSA) is 27.7 Å². The van der Waals surface area contributed by atoms with Crippen LogP contribution in [0.3, 0.4) is 0 Å². The lowest BCUT2D eigenvalue weighted by Gasteiger charge is -2.20. The highest BCUT2D eigenvalue weighted by Crippen LogP contribution is 2.39. The van der Waals surface area contributed by atoms with Gasteiger partial charge in [-0.3, -0.25) is 0 Å². The lowest BCUT2D eigenvalue weighted by atomic mass is 9.88. The average molecular weight is 509 g/mol. The van der Waals surface area contributed by atoms with Crippen LogP contribution in [0.4, 0.5) is 0 Å². The first-order chi connectivity index (χ1) is 18.5. The first kappa shape index (κ1) is 27.5. The summed E-state index contributed by atoms with van der Waals surface area (Å²) in [7, 11) is 0. The minimum atomic E-state index is -0.375. The first-order valence-electron chi connectivity index (χ1n) is 13.8. The fourth-order valence-corrected chi connectivity index (χ4v) is 4.89. The van der Waals surface area contributed by atoms with E-state index in [1.165, 1.54) is 12.0 Å². The molecular formula is C35H40O3. The Hall–Kier alpha value is -3.56. The molecule has 0 bridgehead atoms. The summed E-state index contributed by atoms with van der Waals surface area (Å²) in [5.41, 5.74) is 5.76. The second-order valence-corrected chi connectivity index (χ2v) is 10.1. The van der Waals surface area contributed by atoms with E-state index in [2.05, 4.69) is 112 Å². The highest BCUT2D eigenvalue weighted by molar-refractivity contribution is 5.82. The van der Waals surface area contributed by atoms with E-state index in [0.29, 0.717) is 25.0 Å². The van der Waals surface area contributed by atoms with Crippen LogP contribution in [-0.4, -0.2) is 19.5 Å². The van der Waals surface area contributed by atoms with Gasteiger partial charge in [0.2, 0.25) is 0 Å². The van der Waals surface area contributed by atoms with Crippen molar-refractivity contribution in [1.82, 2.24) is 0 Å². The molecule has 0 spiro atoms. The van der Waals surface area contributed by atoms with Crippen LogP contribution in [0, 0.1) is 5.92 Å². The van der Waals surface area contributed by atoms with Gasteiger partial charge in [-0.1, -0.05) is 112 Å². The SMILES string of the molecule is CCC(CC(C)C)c1ccc(OC(C)OCCOc2c(-c3ccccc3)cccc2-c2ccccc2)cc1. The van der Waals surface area contributed by atoms with Gasteiger partial charge in [0, 0.05) is 11.1 Å². The van der Waals surface area contributed by atoms with E-state index >= 15 is 0 Å². The molecule has 4 aromatic carbocycles. The summed E-state index contributed by atoms with van der Waals surface area (Å²) < 4.78 is 18.4. The predicted molar refractivity (Wildman–Crippen MR) is 158 cm³/mol. The molecule has 0 saturated heterocycles. The van der Waals surface area contributed by atoms with E-state index in [1.54, 1.807) is 0 Å². The standard InChI is InChI=1S/C35H40O3/c1-5-28(25-26(2)3)29-19-21-32(22-20-29)38-27(4)36-23-24-37-35-33(30-13-8-6-9-14-30)17-12-18-34(35)31-15-10-7-11-16-31/h6-22,26-28H,5,23-25H2,1-4H3. The maximum absolute atomic E-state index is 6.38. The van der Waals surface area contributed by atoms with Crippen LogP contribution >= 0.6 is 0 Å². The largest absolute Gasteiger partial charge is 0.490 e. The van der Waals surface area contributed by atoms with Gasteiger partial charge in [-0.2, -0.15) is 0 Å². The Morgan fingerprint density at radius 2 is 1.21 bits per heavy atom. The Balaban J connectivity index is 1.37. The van der Waals surface area contributed by atoms with E-state index in [-0.39, 0.29) is 6.29 Å². The Morgan fingerprint density at radius 1 is 0.632 bits per heavy atom. The zero-order chi connectivity index (χ0) is 26.7. The quantitative estimate of drug-likeness (QED) is 0.133. The fraction of sp³-hybridized carbons (Fsp3) is 0.314. The van der Waals surface area contributed by atoms with Gasteiger partial charge < -0.3 is 14.2 Å². The van der Waals surface area contributed by atoms with Gasteiger partial charge in [-0.25, -0.2) is 0 Å². The predicted octanol–water partition coefficient (Wildman–Crippen LogP) is 9.38. The van der Waals surface area contributed by atoms with Crippen LogP contribution in [0.2, 0.25) is 0 Å². The molecule has 3 heteroatoms. The Labute approximate surface area is 228 Å². The lowest BCUT2D eigenvalue weighted by Crippen LogP contribution is -2.20. The molecule has 4 rings (SSSR count). The van der Waals surface area contributed by atoms with Gasteiger partial charge in [-0.05, 0) is 60.4 Å². The highest BCUT2D eigenvalue weighted by atomic mass is 16.7. The third-order valence-corrected chi connectivity index (χ3v) is 6.77. The monoisotopic (exact) mass is 508 g/mol. The van der Waals surface area contributed by atoms with E-state index in [9.17, 15) is 0 Å². The summed E-state index contributed by atoms with van der Waals surface area (Å²) in [6.45, 7) is 9.59. The van der Waals surface area contributed by atoms with Gasteiger partial charge in [0.15, 0.2) is 6.29 Å². The van der Waals surface area contributed by atoms with E-state index in [1.807, 2.05) is 19.1 Å². The average Bonchev–Trinajstić information content (AvgIpc) is 2.95. The molecule has 0 N–H and O–H groups in total. The van der Waals surface area contributed by atoms with Gasteiger partial charge in [-0.15, -0.1) is 0 Å². The van der Waals surface area contributed by atoms with Crippen molar-refractivity contribution in [2.24, 2.45) is 5.92 Å². The van der Waals surface area contributed by atoms with Crippen LogP contribution in [0.5, 0.6) is 11.5 Å². The van der Waals surface area contributed by atoms with Crippen molar-refractivity contribution in [2.75, 3.05) is 13.2 Å². The third-order valence-electron chi connectivity index (χ3n) is 6.77. The molecule has 198 valence electrons. The molecule has 0 amide bonds. The molecule has 0 heterocycles. The lowest BCUT2D eigenvalue weighted by molar-refractivity contribution is -0.0738. The van der Waals surface area contributed by atoms with E-state index < -0.39 is 0 Å². The molecule has 0 aliphatic heterocycles. The number of rotatable bonds is 13. The maximum Gasteiger partial charge on any atom is 0.197 e. The number of hydrogen-bond acceptors (Lipinski definition) is 3. The molecule has 0 aliphatic rings. The molecule has 0 aliphatic carbocycles. The van der Waals surface area contributed by atoms with Crippen LogP contribution in [0.15, 0.2) is 103 Å². The summed E-state index contributed by atoms with van der Waals surface area (Å²) in [5, 5.41) is 0. The van der Waals surface area contributed by atoms with Crippen molar-refractivity contribution in [1.29, 1.82) is 0 Å². The molecule has 38 heavy (non-hydrogen) atoms. The van der Waals surface area contributed by atoms with Crippen molar-refractivity contribution in [2.45, 2.75) is 52.7 Å². The Kier molecular flexibility index (Phi) is 10.0. The number of hydrogen-bond donors (Lipinski definition) is 0. The van der Waals surface area contributed by atoms with Gasteiger partial charge in [0.05, 0.1) is 6.61 Å². The van der Waals surface area contributed by atoms with Crippen molar-refractivity contribution < 1.29 is 14.2 Å². The summed E-state index contributed by atoms with van der Waals surface area (Å²) in [6, 6.07) is 35.5. The zero-order valence-corrected chi connectivity index (χ0v) is 23.1. The molecule has 0 radical (unpaired) electrons. The van der Waals surface area contributed by atoms with Crippen LogP contribution in [0.25, 0.3) is 22.3 Å². The summed E-state index contributed by atoms with van der Waals surface area (Å²) in [5.74, 6) is 2.97. The molecule has 2 atom stereocenters. The first-order valence-corrected chi connectivity index (χ1v) is 13.8. The van der Waals surface area contributed by atoms with Gasteiger partial charge in [0.1, 0.15) is 18.1 Å². The van der Waals surface area contributed by atoms with Gasteiger partial charge in [0.25, 0.3) is 0 Å². The minimum absolute atomic E-state index is 0.375. The third kappa shape index (κ3) is 7.49. The molecule has 3 nitrogen and oxygen atoms in total.